The third-order valence-corrected chi connectivity index (χ3v) is 3.20. The number of nitrogens with one attached hydrogen (secondary N) is 1. The van der Waals surface area contributed by atoms with Gasteiger partial charge in [0.1, 0.15) is 0 Å². The van der Waals surface area contributed by atoms with Gasteiger partial charge < -0.3 is 11.1 Å². The van der Waals surface area contributed by atoms with Gasteiger partial charge in [-0.1, -0.05) is 19.9 Å². The normalized spacial score (nSPS) is 12.8. The van der Waals surface area contributed by atoms with Crippen molar-refractivity contribution in [2.45, 2.75) is 26.3 Å². The molecule has 0 aliphatic heterocycles. The lowest BCUT2D eigenvalue weighted by molar-refractivity contribution is -0.121. The molecule has 0 aliphatic carbocycles. The first-order valence-electron chi connectivity index (χ1n) is 5.15. The van der Waals surface area contributed by atoms with Gasteiger partial charge in [-0.3, -0.25) is 4.79 Å². The van der Waals surface area contributed by atoms with Crippen LogP contribution >= 0.6 is 11.3 Å². The van der Waals surface area contributed by atoms with Gasteiger partial charge in [0.15, 0.2) is 0 Å². The van der Waals surface area contributed by atoms with Crippen molar-refractivity contribution in [2.24, 2.45) is 11.7 Å². The van der Waals surface area contributed by atoms with E-state index in [0.717, 1.165) is 4.88 Å². The predicted octanol–water partition coefficient (Wildman–Crippen LogP) is 1.39. The number of carbonyl (C=O) groups excluding carboxylic acids is 1. The molecule has 3 nitrogen and oxygen atoms in total. The van der Waals surface area contributed by atoms with E-state index < -0.39 is 0 Å². The third kappa shape index (κ3) is 4.01. The van der Waals surface area contributed by atoms with E-state index >= 15 is 0 Å². The second kappa shape index (κ2) is 5.88. The first-order valence-corrected chi connectivity index (χ1v) is 6.03. The molecule has 1 aromatic heterocycles. The van der Waals surface area contributed by atoms with E-state index in [-0.39, 0.29) is 11.9 Å². The van der Waals surface area contributed by atoms with Crippen LogP contribution in [0.25, 0.3) is 0 Å². The van der Waals surface area contributed by atoms with Gasteiger partial charge in [-0.15, -0.1) is 11.3 Å². The summed E-state index contributed by atoms with van der Waals surface area (Å²) in [6.45, 7) is 4.61. The maximum absolute atomic E-state index is 11.6. The number of amides is 1. The molecule has 84 valence electrons. The Balaban J connectivity index is 2.41. The summed E-state index contributed by atoms with van der Waals surface area (Å²) in [6.07, 6.45) is 0.459. The Kier molecular flexibility index (Phi) is 4.78. The molecule has 3 N–H and O–H groups in total. The summed E-state index contributed by atoms with van der Waals surface area (Å²) in [7, 11) is 0. The van der Waals surface area contributed by atoms with Gasteiger partial charge in [-0.2, -0.15) is 0 Å². The molecule has 0 radical (unpaired) electrons. The second-order valence-electron chi connectivity index (χ2n) is 3.91. The van der Waals surface area contributed by atoms with E-state index in [1.54, 1.807) is 11.3 Å². The van der Waals surface area contributed by atoms with Crippen LogP contribution in [-0.2, 0) is 11.2 Å². The molecule has 15 heavy (non-hydrogen) atoms. The van der Waals surface area contributed by atoms with Gasteiger partial charge in [0.05, 0.1) is 6.42 Å². The first-order chi connectivity index (χ1) is 7.13. The van der Waals surface area contributed by atoms with Gasteiger partial charge >= 0.3 is 0 Å². The standard InChI is InChI=1S/C11H18N2OS/c1-8(2)10(7-12)13-11(14)6-9-4-3-5-15-9/h3-5,8,10H,6-7,12H2,1-2H3,(H,13,14). The largest absolute Gasteiger partial charge is 0.352 e. The van der Waals surface area contributed by atoms with Crippen molar-refractivity contribution in [1.82, 2.24) is 5.32 Å². The summed E-state index contributed by atoms with van der Waals surface area (Å²) in [5.41, 5.74) is 5.58. The van der Waals surface area contributed by atoms with Gasteiger partial charge in [0.25, 0.3) is 0 Å². The average molecular weight is 226 g/mol. The number of rotatable bonds is 5. The Labute approximate surface area is 94.7 Å². The molecule has 1 heterocycles. The Hall–Kier alpha value is -0.870. The number of thiophene rings is 1. The van der Waals surface area contributed by atoms with Crippen molar-refractivity contribution >= 4 is 17.2 Å². The van der Waals surface area contributed by atoms with Gasteiger partial charge in [-0.05, 0) is 17.4 Å². The van der Waals surface area contributed by atoms with Crippen molar-refractivity contribution < 1.29 is 4.79 Å². The number of carbonyl (C=O) groups is 1. The molecule has 0 aromatic carbocycles. The maximum atomic E-state index is 11.6. The van der Waals surface area contributed by atoms with Crippen molar-refractivity contribution in [2.75, 3.05) is 6.54 Å². The number of hydrogen-bond donors (Lipinski definition) is 2. The predicted molar refractivity (Wildman–Crippen MR) is 63.8 cm³/mol. The van der Waals surface area contributed by atoms with Crippen LogP contribution in [0.1, 0.15) is 18.7 Å². The monoisotopic (exact) mass is 226 g/mol. The Morgan fingerprint density at radius 1 is 1.60 bits per heavy atom. The molecule has 0 fully saturated rings. The molecule has 4 heteroatoms. The van der Waals surface area contributed by atoms with E-state index in [1.165, 1.54) is 0 Å². The molecule has 0 saturated carbocycles. The first kappa shape index (κ1) is 12.2. The highest BCUT2D eigenvalue weighted by atomic mass is 32.1. The molecule has 0 spiro atoms. The summed E-state index contributed by atoms with van der Waals surface area (Å²) in [5, 5.41) is 4.92. The van der Waals surface area contributed by atoms with Crippen LogP contribution in [0, 0.1) is 5.92 Å². The highest BCUT2D eigenvalue weighted by Crippen LogP contribution is 2.09. The lowest BCUT2D eigenvalue weighted by atomic mass is 10.0. The number of nitrogens with two attached hydrogens (primary N) is 1. The Morgan fingerprint density at radius 2 is 2.33 bits per heavy atom. The fourth-order valence-corrected chi connectivity index (χ4v) is 2.03. The zero-order valence-electron chi connectivity index (χ0n) is 9.19. The molecule has 1 atom stereocenters. The molecule has 1 unspecified atom stereocenters. The van der Waals surface area contributed by atoms with Crippen LogP contribution in [0.2, 0.25) is 0 Å². The quantitative estimate of drug-likeness (QED) is 0.797. The van der Waals surface area contributed by atoms with E-state index in [4.69, 9.17) is 5.73 Å². The molecule has 0 aliphatic rings. The van der Waals surface area contributed by atoms with Crippen molar-refractivity contribution in [3.05, 3.63) is 22.4 Å². The van der Waals surface area contributed by atoms with E-state index in [1.807, 2.05) is 17.5 Å². The molecule has 1 aromatic rings. The minimum Gasteiger partial charge on any atom is -0.352 e. The van der Waals surface area contributed by atoms with Crippen LogP contribution in [0.15, 0.2) is 17.5 Å². The molecule has 0 bridgehead atoms. The summed E-state index contributed by atoms with van der Waals surface area (Å²) >= 11 is 1.60. The van der Waals surface area contributed by atoms with E-state index in [2.05, 4.69) is 19.2 Å². The molecule has 0 saturated heterocycles. The summed E-state index contributed by atoms with van der Waals surface area (Å²) in [4.78, 5) is 12.7. The average Bonchev–Trinajstić information content (AvgIpc) is 2.66. The van der Waals surface area contributed by atoms with Gasteiger partial charge in [-0.25, -0.2) is 0 Å². The topological polar surface area (TPSA) is 55.1 Å². The smallest absolute Gasteiger partial charge is 0.225 e. The number of hydrogen-bond acceptors (Lipinski definition) is 3. The summed E-state index contributed by atoms with van der Waals surface area (Å²) < 4.78 is 0. The highest BCUT2D eigenvalue weighted by Gasteiger charge is 2.14. The third-order valence-electron chi connectivity index (χ3n) is 2.32. The van der Waals surface area contributed by atoms with Crippen molar-refractivity contribution in [3.63, 3.8) is 0 Å². The van der Waals surface area contributed by atoms with Crippen LogP contribution in [0.5, 0.6) is 0 Å². The van der Waals surface area contributed by atoms with E-state index in [0.29, 0.717) is 18.9 Å². The SMILES string of the molecule is CC(C)C(CN)NC(=O)Cc1cccs1. The van der Waals surface area contributed by atoms with Gasteiger partial charge in [0, 0.05) is 17.5 Å². The Bertz CT molecular complexity index is 296. The van der Waals surface area contributed by atoms with Crippen molar-refractivity contribution in [3.8, 4) is 0 Å². The minimum atomic E-state index is 0.0570. The zero-order valence-corrected chi connectivity index (χ0v) is 10.0. The lowest BCUT2D eigenvalue weighted by Crippen LogP contribution is -2.44. The molecule has 1 rings (SSSR count). The Morgan fingerprint density at radius 3 is 2.80 bits per heavy atom. The van der Waals surface area contributed by atoms with E-state index in [9.17, 15) is 4.79 Å². The fraction of sp³-hybridized carbons (Fsp3) is 0.545. The summed E-state index contributed by atoms with van der Waals surface area (Å²) in [5.74, 6) is 0.434. The molecular weight excluding hydrogens is 208 g/mol. The minimum absolute atomic E-state index is 0.0570. The summed E-state index contributed by atoms with van der Waals surface area (Å²) in [6, 6.07) is 4.00. The second-order valence-corrected chi connectivity index (χ2v) is 4.94. The van der Waals surface area contributed by atoms with Crippen LogP contribution < -0.4 is 11.1 Å². The molecule has 1 amide bonds. The molecular formula is C11H18N2OS. The highest BCUT2D eigenvalue weighted by molar-refractivity contribution is 7.10. The maximum Gasteiger partial charge on any atom is 0.225 e. The van der Waals surface area contributed by atoms with Crippen LogP contribution in [0.4, 0.5) is 0 Å². The fourth-order valence-electron chi connectivity index (χ4n) is 1.33. The lowest BCUT2D eigenvalue weighted by Gasteiger charge is -2.20. The zero-order chi connectivity index (χ0) is 11.3. The van der Waals surface area contributed by atoms with Gasteiger partial charge in [0.2, 0.25) is 5.91 Å². The van der Waals surface area contributed by atoms with Crippen LogP contribution in [-0.4, -0.2) is 18.5 Å². The van der Waals surface area contributed by atoms with Crippen LogP contribution in [0.3, 0.4) is 0 Å². The van der Waals surface area contributed by atoms with Crippen molar-refractivity contribution in [1.29, 1.82) is 0 Å².